The second kappa shape index (κ2) is 4.33. The average Bonchev–Trinajstić information content (AvgIpc) is 2.54. The molecule has 0 unspecified atom stereocenters. The lowest BCUT2D eigenvalue weighted by Gasteiger charge is -2.39. The molecular formula is C8H11BrN4O2S. The van der Waals surface area contributed by atoms with Gasteiger partial charge in [-0.3, -0.25) is 0 Å². The molecule has 0 spiro atoms. The molecule has 0 N–H and O–H groups in total. The van der Waals surface area contributed by atoms with E-state index in [-0.39, 0.29) is 11.4 Å². The van der Waals surface area contributed by atoms with Crippen molar-refractivity contribution >= 4 is 34.5 Å². The number of hydrogen-bond donors (Lipinski definition) is 1. The molecule has 0 aromatic carbocycles. The van der Waals surface area contributed by atoms with E-state index in [9.17, 15) is 10.1 Å². The Balaban J connectivity index is 2.17. The van der Waals surface area contributed by atoms with Gasteiger partial charge >= 0.3 is 5.95 Å². The summed E-state index contributed by atoms with van der Waals surface area (Å²) in [5, 5.41) is 14.4. The van der Waals surface area contributed by atoms with E-state index in [0.717, 1.165) is 18.6 Å². The van der Waals surface area contributed by atoms with Crippen LogP contribution >= 0.6 is 28.6 Å². The highest BCUT2D eigenvalue weighted by Crippen LogP contribution is 2.43. The molecule has 1 aromatic rings. The van der Waals surface area contributed by atoms with Gasteiger partial charge in [-0.2, -0.15) is 17.3 Å². The minimum Gasteiger partial charge on any atom is -0.390 e. The zero-order valence-electron chi connectivity index (χ0n) is 8.47. The van der Waals surface area contributed by atoms with Gasteiger partial charge in [0.05, 0.1) is 6.54 Å². The molecule has 0 radical (unpaired) electrons. The second-order valence-corrected chi connectivity index (χ2v) is 5.13. The fraction of sp³-hybridized carbons (Fsp3) is 0.750. The van der Waals surface area contributed by atoms with Gasteiger partial charge in [0.25, 0.3) is 4.73 Å². The molecule has 1 fully saturated rings. The summed E-state index contributed by atoms with van der Waals surface area (Å²) in [6, 6.07) is 0. The second-order valence-electron chi connectivity index (χ2n) is 4.11. The summed E-state index contributed by atoms with van der Waals surface area (Å²) in [6.07, 6.45) is 3.38. The van der Waals surface area contributed by atoms with Gasteiger partial charge in [-0.1, -0.05) is 6.42 Å². The molecule has 1 heterocycles. The standard InChI is InChI=1S/C8H11BrN4O2S/c9-6-10-7(13(14)15)11-12(6)4-8(5-16)2-1-3-8/h16H,1-5H2. The molecule has 6 nitrogen and oxygen atoms in total. The van der Waals surface area contributed by atoms with Crippen molar-refractivity contribution in [3.63, 3.8) is 0 Å². The van der Waals surface area contributed by atoms with Crippen molar-refractivity contribution in [1.29, 1.82) is 0 Å². The first-order chi connectivity index (χ1) is 7.56. The summed E-state index contributed by atoms with van der Waals surface area (Å²) in [7, 11) is 0. The molecular weight excluding hydrogens is 296 g/mol. The van der Waals surface area contributed by atoms with Crippen molar-refractivity contribution in [2.45, 2.75) is 25.8 Å². The summed E-state index contributed by atoms with van der Waals surface area (Å²) in [5.74, 6) is 0.410. The van der Waals surface area contributed by atoms with Crippen molar-refractivity contribution in [2.75, 3.05) is 5.75 Å². The van der Waals surface area contributed by atoms with Gasteiger partial charge in [0.2, 0.25) is 0 Å². The third-order valence-corrected chi connectivity index (χ3v) is 4.27. The van der Waals surface area contributed by atoms with Crippen LogP contribution in [0.2, 0.25) is 0 Å². The first-order valence-electron chi connectivity index (χ1n) is 4.92. The minimum absolute atomic E-state index is 0.132. The Morgan fingerprint density at radius 1 is 1.62 bits per heavy atom. The van der Waals surface area contributed by atoms with Gasteiger partial charge < -0.3 is 10.1 Å². The fourth-order valence-electron chi connectivity index (χ4n) is 1.85. The Kier molecular flexibility index (Phi) is 3.20. The van der Waals surface area contributed by atoms with Crippen molar-refractivity contribution in [2.24, 2.45) is 5.41 Å². The molecule has 2 rings (SSSR count). The topological polar surface area (TPSA) is 73.8 Å². The minimum atomic E-state index is -0.588. The van der Waals surface area contributed by atoms with Gasteiger partial charge in [0.15, 0.2) is 0 Å². The predicted molar refractivity (Wildman–Crippen MR) is 64.5 cm³/mol. The van der Waals surface area contributed by atoms with Crippen molar-refractivity contribution in [1.82, 2.24) is 14.8 Å². The maximum Gasteiger partial charge on any atom is 0.492 e. The van der Waals surface area contributed by atoms with Crippen LogP contribution in [0.1, 0.15) is 19.3 Å². The molecule has 0 bridgehead atoms. The van der Waals surface area contributed by atoms with Crippen molar-refractivity contribution < 1.29 is 4.92 Å². The number of hydrogen-bond acceptors (Lipinski definition) is 5. The Bertz CT molecular complexity index is 413. The molecule has 1 aliphatic rings. The Morgan fingerprint density at radius 2 is 2.31 bits per heavy atom. The highest BCUT2D eigenvalue weighted by atomic mass is 79.9. The third-order valence-electron chi connectivity index (χ3n) is 3.01. The molecule has 0 saturated heterocycles. The lowest BCUT2D eigenvalue weighted by Crippen LogP contribution is -2.36. The summed E-state index contributed by atoms with van der Waals surface area (Å²) < 4.78 is 1.96. The van der Waals surface area contributed by atoms with E-state index in [1.165, 1.54) is 6.42 Å². The van der Waals surface area contributed by atoms with Crippen LogP contribution in [-0.2, 0) is 6.54 Å². The molecule has 0 aliphatic heterocycles. The SMILES string of the molecule is O=[N+]([O-])c1nc(Br)n(CC2(CS)CCC2)n1. The van der Waals surface area contributed by atoms with Gasteiger partial charge in [-0.15, -0.1) is 0 Å². The van der Waals surface area contributed by atoms with Crippen LogP contribution in [-0.4, -0.2) is 25.4 Å². The van der Waals surface area contributed by atoms with Crippen LogP contribution in [0, 0.1) is 15.5 Å². The molecule has 0 amide bonds. The normalized spacial score (nSPS) is 18.1. The summed E-state index contributed by atoms with van der Waals surface area (Å²) in [5.41, 5.74) is 0.132. The van der Waals surface area contributed by atoms with Gasteiger partial charge in [-0.05, 0) is 28.5 Å². The smallest absolute Gasteiger partial charge is 0.390 e. The number of halogens is 1. The van der Waals surface area contributed by atoms with Crippen LogP contribution in [0.25, 0.3) is 0 Å². The van der Waals surface area contributed by atoms with Crippen LogP contribution in [0.5, 0.6) is 0 Å². The zero-order chi connectivity index (χ0) is 11.8. The van der Waals surface area contributed by atoms with E-state index in [1.54, 1.807) is 4.68 Å². The van der Waals surface area contributed by atoms with Crippen molar-refractivity contribution in [3.8, 4) is 0 Å². The van der Waals surface area contributed by atoms with Crippen LogP contribution in [0.4, 0.5) is 5.95 Å². The number of rotatable bonds is 4. The van der Waals surface area contributed by atoms with Crippen LogP contribution in [0.3, 0.4) is 0 Å². The molecule has 88 valence electrons. The van der Waals surface area contributed by atoms with E-state index in [1.807, 2.05) is 0 Å². The third kappa shape index (κ3) is 2.08. The van der Waals surface area contributed by atoms with Gasteiger partial charge in [0.1, 0.15) is 0 Å². The van der Waals surface area contributed by atoms with E-state index in [4.69, 9.17) is 0 Å². The van der Waals surface area contributed by atoms with E-state index >= 15 is 0 Å². The van der Waals surface area contributed by atoms with Crippen LogP contribution < -0.4 is 0 Å². The first-order valence-corrected chi connectivity index (χ1v) is 6.34. The predicted octanol–water partition coefficient (Wildman–Crippen LogP) is 2.05. The fourth-order valence-corrected chi connectivity index (χ4v) is 2.63. The number of thiol groups is 1. The van der Waals surface area contributed by atoms with Crippen molar-refractivity contribution in [3.05, 3.63) is 14.8 Å². The molecule has 1 saturated carbocycles. The summed E-state index contributed by atoms with van der Waals surface area (Å²) in [6.45, 7) is 0.637. The summed E-state index contributed by atoms with van der Waals surface area (Å²) in [4.78, 5) is 13.7. The molecule has 8 heteroatoms. The van der Waals surface area contributed by atoms with E-state index < -0.39 is 4.92 Å². The molecule has 1 aliphatic carbocycles. The van der Waals surface area contributed by atoms with Gasteiger partial charge in [0, 0.05) is 26.4 Å². The lowest BCUT2D eigenvalue weighted by atomic mass is 9.70. The largest absolute Gasteiger partial charge is 0.492 e. The number of nitro groups is 1. The zero-order valence-corrected chi connectivity index (χ0v) is 10.9. The maximum absolute atomic E-state index is 10.5. The monoisotopic (exact) mass is 306 g/mol. The van der Waals surface area contributed by atoms with E-state index in [2.05, 4.69) is 38.6 Å². The summed E-state index contributed by atoms with van der Waals surface area (Å²) >= 11 is 7.51. The Labute approximate surface area is 106 Å². The Hall–Kier alpha value is -0.630. The number of aromatic nitrogens is 3. The highest BCUT2D eigenvalue weighted by Gasteiger charge is 2.38. The number of nitrogens with zero attached hydrogens (tertiary/aromatic N) is 4. The quantitative estimate of drug-likeness (QED) is 0.525. The van der Waals surface area contributed by atoms with Crippen LogP contribution in [0.15, 0.2) is 4.73 Å². The Morgan fingerprint density at radius 3 is 2.69 bits per heavy atom. The molecule has 1 aromatic heterocycles. The first kappa shape index (κ1) is 11.8. The maximum atomic E-state index is 10.5. The van der Waals surface area contributed by atoms with E-state index in [0.29, 0.717) is 11.3 Å². The average molecular weight is 307 g/mol. The molecule has 16 heavy (non-hydrogen) atoms. The molecule has 0 atom stereocenters. The lowest BCUT2D eigenvalue weighted by molar-refractivity contribution is -0.394. The van der Waals surface area contributed by atoms with Gasteiger partial charge in [-0.25, -0.2) is 0 Å². The highest BCUT2D eigenvalue weighted by molar-refractivity contribution is 9.10.